The highest BCUT2D eigenvalue weighted by Gasteiger charge is 2.31. The molecule has 2 rings (SSSR count). The van der Waals surface area contributed by atoms with E-state index in [-0.39, 0.29) is 28.7 Å². The minimum Gasteiger partial charge on any atom is -0.452 e. The summed E-state index contributed by atoms with van der Waals surface area (Å²) in [6.45, 7) is 4.52. The van der Waals surface area contributed by atoms with Crippen LogP contribution in [0.5, 0.6) is 0 Å². The number of aromatic nitrogens is 2. The molecule has 1 aromatic rings. The van der Waals surface area contributed by atoms with E-state index in [0.717, 1.165) is 6.08 Å². The van der Waals surface area contributed by atoms with Gasteiger partial charge in [0.15, 0.2) is 16.4 Å². The summed E-state index contributed by atoms with van der Waals surface area (Å²) in [5.74, 6) is -1.52. The number of aryl methyl sites for hydroxylation is 1. The van der Waals surface area contributed by atoms with Gasteiger partial charge in [-0.15, -0.1) is 0 Å². The van der Waals surface area contributed by atoms with Crippen molar-refractivity contribution in [2.45, 2.75) is 39.3 Å². The first-order valence-corrected chi connectivity index (χ1v) is 11.1. The number of amides is 3. The van der Waals surface area contributed by atoms with Crippen molar-refractivity contribution < 1.29 is 27.5 Å². The van der Waals surface area contributed by atoms with Gasteiger partial charge >= 0.3 is 12.0 Å². The zero-order chi connectivity index (χ0) is 21.8. The first-order chi connectivity index (χ1) is 13.5. The van der Waals surface area contributed by atoms with Gasteiger partial charge in [0, 0.05) is 17.7 Å². The number of nitrogens with zero attached hydrogens (tertiary/aromatic N) is 2. The molecule has 0 unspecified atom stereocenters. The quantitative estimate of drug-likeness (QED) is 0.491. The standard InChI is InChI=1S/C17H23ClN4O6S/c1-10(2)19-17(25)20-14(23)8-28-15(24)5-4-13-11(3)21-22(16(13)18)12-6-7-29(26,27)9-12/h4-5,10,12H,6-9H2,1-3H3,(H2,19,20,23,25)/b5-4+/t12-/m0/s1. The van der Waals surface area contributed by atoms with Crippen LogP contribution in [-0.4, -0.2) is 60.3 Å². The van der Waals surface area contributed by atoms with Crippen molar-refractivity contribution in [3.8, 4) is 0 Å². The Morgan fingerprint density at radius 1 is 1.38 bits per heavy atom. The van der Waals surface area contributed by atoms with Crippen LogP contribution in [0.15, 0.2) is 6.08 Å². The van der Waals surface area contributed by atoms with Crippen LogP contribution in [-0.2, 0) is 24.2 Å². The van der Waals surface area contributed by atoms with Crippen LogP contribution in [0.1, 0.15) is 37.6 Å². The average Bonchev–Trinajstić information content (AvgIpc) is 3.09. The molecule has 0 saturated carbocycles. The predicted octanol–water partition coefficient (Wildman–Crippen LogP) is 0.995. The topological polar surface area (TPSA) is 136 Å². The molecule has 1 aromatic heterocycles. The molecule has 0 spiro atoms. The first kappa shape index (κ1) is 22.9. The summed E-state index contributed by atoms with van der Waals surface area (Å²) in [7, 11) is -3.10. The number of halogens is 1. The Hall–Kier alpha value is -2.40. The van der Waals surface area contributed by atoms with Crippen LogP contribution < -0.4 is 10.6 Å². The zero-order valence-corrected chi connectivity index (χ0v) is 17.8. The number of hydrogen-bond acceptors (Lipinski definition) is 7. The van der Waals surface area contributed by atoms with E-state index in [9.17, 15) is 22.8 Å². The SMILES string of the molecule is Cc1nn([C@H]2CCS(=O)(=O)C2)c(Cl)c1/C=C/C(=O)OCC(=O)NC(=O)NC(C)C. The molecule has 29 heavy (non-hydrogen) atoms. The molecule has 160 valence electrons. The molecule has 3 amide bonds. The lowest BCUT2D eigenvalue weighted by atomic mass is 10.2. The smallest absolute Gasteiger partial charge is 0.331 e. The maximum atomic E-state index is 11.8. The van der Waals surface area contributed by atoms with Gasteiger partial charge in [-0.1, -0.05) is 11.6 Å². The summed E-state index contributed by atoms with van der Waals surface area (Å²) in [6, 6.07) is -1.17. The molecular formula is C17H23ClN4O6S. The molecule has 0 bridgehead atoms. The first-order valence-electron chi connectivity index (χ1n) is 8.88. The summed E-state index contributed by atoms with van der Waals surface area (Å²) >= 11 is 6.31. The monoisotopic (exact) mass is 446 g/mol. The van der Waals surface area contributed by atoms with Crippen LogP contribution in [0.3, 0.4) is 0 Å². The lowest BCUT2D eigenvalue weighted by molar-refractivity contribution is -0.143. The molecule has 0 aliphatic carbocycles. The molecule has 12 heteroatoms. The van der Waals surface area contributed by atoms with E-state index < -0.39 is 34.4 Å². The Labute approximate surface area is 173 Å². The third-order valence-corrected chi connectivity index (χ3v) is 6.16. The molecule has 2 heterocycles. The highest BCUT2D eigenvalue weighted by Crippen LogP contribution is 2.30. The number of ether oxygens (including phenoxy) is 1. The molecule has 0 aromatic carbocycles. The molecule has 1 fully saturated rings. The van der Waals surface area contributed by atoms with E-state index >= 15 is 0 Å². The second kappa shape index (κ2) is 9.40. The minimum atomic E-state index is -3.10. The number of sulfone groups is 1. The number of carbonyl (C=O) groups excluding carboxylic acids is 3. The Kier molecular flexibility index (Phi) is 7.42. The normalized spacial score (nSPS) is 18.2. The fourth-order valence-electron chi connectivity index (χ4n) is 2.73. The van der Waals surface area contributed by atoms with Gasteiger partial charge in [0.25, 0.3) is 5.91 Å². The van der Waals surface area contributed by atoms with Crippen LogP contribution in [0.25, 0.3) is 6.08 Å². The third kappa shape index (κ3) is 6.57. The van der Waals surface area contributed by atoms with Crippen molar-refractivity contribution in [1.29, 1.82) is 0 Å². The van der Waals surface area contributed by atoms with Gasteiger partial charge in [-0.05, 0) is 33.3 Å². The number of esters is 1. The van der Waals surface area contributed by atoms with Gasteiger partial charge in [-0.3, -0.25) is 10.1 Å². The molecule has 0 radical (unpaired) electrons. The average molecular weight is 447 g/mol. The van der Waals surface area contributed by atoms with Crippen molar-refractivity contribution in [2.75, 3.05) is 18.1 Å². The molecule has 1 saturated heterocycles. The van der Waals surface area contributed by atoms with Crippen molar-refractivity contribution in [1.82, 2.24) is 20.4 Å². The fourth-order valence-corrected chi connectivity index (χ4v) is 4.80. The van der Waals surface area contributed by atoms with Gasteiger partial charge in [0.05, 0.1) is 23.2 Å². The van der Waals surface area contributed by atoms with E-state index in [2.05, 4.69) is 10.4 Å². The predicted molar refractivity (Wildman–Crippen MR) is 106 cm³/mol. The second-order valence-corrected chi connectivity index (χ2v) is 9.50. The summed E-state index contributed by atoms with van der Waals surface area (Å²) < 4.78 is 29.6. The third-order valence-electron chi connectivity index (χ3n) is 4.03. The maximum absolute atomic E-state index is 11.8. The summed E-state index contributed by atoms with van der Waals surface area (Å²) in [4.78, 5) is 34.8. The molecule has 1 aliphatic heterocycles. The fraction of sp³-hybridized carbons (Fsp3) is 0.529. The molecular weight excluding hydrogens is 424 g/mol. The second-order valence-electron chi connectivity index (χ2n) is 6.91. The molecule has 1 atom stereocenters. The van der Waals surface area contributed by atoms with E-state index in [4.69, 9.17) is 16.3 Å². The number of hydrogen-bond donors (Lipinski definition) is 2. The lowest BCUT2D eigenvalue weighted by Gasteiger charge is -2.09. The van der Waals surface area contributed by atoms with E-state index in [1.54, 1.807) is 20.8 Å². The largest absolute Gasteiger partial charge is 0.452 e. The van der Waals surface area contributed by atoms with E-state index in [0.29, 0.717) is 17.7 Å². The van der Waals surface area contributed by atoms with Crippen molar-refractivity contribution in [2.24, 2.45) is 0 Å². The van der Waals surface area contributed by atoms with E-state index in [1.807, 2.05) is 5.32 Å². The van der Waals surface area contributed by atoms with Crippen LogP contribution in [0, 0.1) is 6.92 Å². The lowest BCUT2D eigenvalue weighted by Crippen LogP contribution is -2.43. The Bertz CT molecular complexity index is 938. The van der Waals surface area contributed by atoms with Crippen molar-refractivity contribution >= 4 is 45.4 Å². The van der Waals surface area contributed by atoms with Gasteiger partial charge in [-0.2, -0.15) is 5.10 Å². The van der Waals surface area contributed by atoms with Gasteiger partial charge in [-0.25, -0.2) is 22.7 Å². The number of nitrogens with one attached hydrogen (secondary N) is 2. The Morgan fingerprint density at radius 2 is 2.07 bits per heavy atom. The van der Waals surface area contributed by atoms with Gasteiger partial charge in [0.2, 0.25) is 0 Å². The van der Waals surface area contributed by atoms with Crippen LogP contribution in [0.4, 0.5) is 4.79 Å². The number of imide groups is 1. The molecule has 1 aliphatic rings. The Morgan fingerprint density at radius 3 is 2.66 bits per heavy atom. The molecule has 10 nitrogen and oxygen atoms in total. The summed E-state index contributed by atoms with van der Waals surface area (Å²) in [6.07, 6.45) is 2.89. The highest BCUT2D eigenvalue weighted by atomic mass is 35.5. The number of rotatable bonds is 6. The van der Waals surface area contributed by atoms with Crippen LogP contribution in [0.2, 0.25) is 5.15 Å². The van der Waals surface area contributed by atoms with Crippen molar-refractivity contribution in [3.63, 3.8) is 0 Å². The Balaban J connectivity index is 1.93. The minimum absolute atomic E-state index is 0.0292. The van der Waals surface area contributed by atoms with Crippen LogP contribution >= 0.6 is 11.6 Å². The summed E-state index contributed by atoms with van der Waals surface area (Å²) in [5.41, 5.74) is 0.972. The van der Waals surface area contributed by atoms with Gasteiger partial charge in [0.1, 0.15) is 5.15 Å². The van der Waals surface area contributed by atoms with Crippen molar-refractivity contribution in [3.05, 3.63) is 22.5 Å². The zero-order valence-electron chi connectivity index (χ0n) is 16.3. The number of urea groups is 1. The maximum Gasteiger partial charge on any atom is 0.331 e. The van der Waals surface area contributed by atoms with E-state index in [1.165, 1.54) is 10.8 Å². The van der Waals surface area contributed by atoms with Gasteiger partial charge < -0.3 is 10.1 Å². The summed E-state index contributed by atoms with van der Waals surface area (Å²) in [5, 5.41) is 8.98. The number of carbonyl (C=O) groups is 3. The highest BCUT2D eigenvalue weighted by molar-refractivity contribution is 7.91. The molecule has 2 N–H and O–H groups in total.